The number of halogens is 1. The van der Waals surface area contributed by atoms with Gasteiger partial charge in [-0.05, 0) is 30.3 Å². The number of nitrogens with zero attached hydrogens (tertiary/aromatic N) is 6. The molecule has 1 amide bonds. The van der Waals surface area contributed by atoms with Gasteiger partial charge in [0, 0.05) is 11.2 Å². The summed E-state index contributed by atoms with van der Waals surface area (Å²) in [6.45, 7) is 0. The average molecular weight is 386 g/mol. The van der Waals surface area contributed by atoms with E-state index in [0.29, 0.717) is 21.6 Å². The van der Waals surface area contributed by atoms with Crippen molar-refractivity contribution in [1.29, 1.82) is 0 Å². The number of hydrogen-bond donors (Lipinski definition) is 1. The van der Waals surface area contributed by atoms with Gasteiger partial charge in [0.15, 0.2) is 10.8 Å². The van der Waals surface area contributed by atoms with Crippen molar-refractivity contribution >= 4 is 40.6 Å². The number of anilines is 1. The van der Waals surface area contributed by atoms with E-state index in [0.717, 1.165) is 5.65 Å². The van der Waals surface area contributed by atoms with Crippen LogP contribution >= 0.6 is 23.4 Å². The number of carbonyl (C=O) groups excluding carboxylic acids is 1. The van der Waals surface area contributed by atoms with Crippen LogP contribution < -0.4 is 5.32 Å². The van der Waals surface area contributed by atoms with Crippen LogP contribution in [0.4, 0.5) is 5.69 Å². The molecule has 0 radical (unpaired) electrons. The van der Waals surface area contributed by atoms with Crippen LogP contribution in [0.3, 0.4) is 0 Å². The Morgan fingerprint density at radius 1 is 1.23 bits per heavy atom. The number of nitrogens with one attached hydrogen (secondary N) is 1. The second-order valence-corrected chi connectivity index (χ2v) is 6.63. The van der Waals surface area contributed by atoms with Crippen LogP contribution in [0.1, 0.15) is 0 Å². The minimum Gasteiger partial charge on any atom is -0.323 e. The smallest absolute Gasteiger partial charge is 0.234 e. The first kappa shape index (κ1) is 16.6. The largest absolute Gasteiger partial charge is 0.323 e. The summed E-state index contributed by atoms with van der Waals surface area (Å²) in [5.74, 6) is -0.00904. The number of rotatable bonds is 5. The zero-order valence-electron chi connectivity index (χ0n) is 13.3. The Balaban J connectivity index is 1.49. The molecule has 4 rings (SSSR count). The van der Waals surface area contributed by atoms with E-state index in [-0.39, 0.29) is 11.7 Å². The second kappa shape index (κ2) is 7.14. The van der Waals surface area contributed by atoms with Crippen LogP contribution in [0.5, 0.6) is 0 Å². The van der Waals surface area contributed by atoms with Gasteiger partial charge < -0.3 is 5.32 Å². The third-order valence-electron chi connectivity index (χ3n) is 3.51. The zero-order chi connectivity index (χ0) is 17.9. The quantitative estimate of drug-likeness (QED) is 0.531. The topological polar surface area (TPSA) is 90.0 Å². The number of amides is 1. The monoisotopic (exact) mass is 385 g/mol. The standard InChI is InChI=1S/C16H12ClN7OS/c17-11-4-5-13(24-10-18-9-19-24)12(7-11)20-15(25)8-26-16-22-21-14-3-1-2-6-23(14)16/h1-7,9-10H,8H2,(H,20,25). The molecule has 0 aliphatic rings. The molecule has 0 saturated carbocycles. The molecule has 8 nitrogen and oxygen atoms in total. The van der Waals surface area contributed by atoms with Crippen molar-refractivity contribution in [1.82, 2.24) is 29.4 Å². The first-order valence-electron chi connectivity index (χ1n) is 7.58. The molecular formula is C16H12ClN7OS. The van der Waals surface area contributed by atoms with E-state index in [2.05, 4.69) is 25.6 Å². The molecule has 0 fully saturated rings. The summed E-state index contributed by atoms with van der Waals surface area (Å²) in [7, 11) is 0. The third kappa shape index (κ3) is 3.39. The Labute approximate surface area is 157 Å². The van der Waals surface area contributed by atoms with Crippen molar-refractivity contribution in [3.8, 4) is 5.69 Å². The van der Waals surface area contributed by atoms with Gasteiger partial charge in [0.05, 0.1) is 17.1 Å². The minimum atomic E-state index is -0.189. The third-order valence-corrected chi connectivity index (χ3v) is 4.69. The summed E-state index contributed by atoms with van der Waals surface area (Å²) in [4.78, 5) is 16.3. The molecule has 10 heteroatoms. The molecule has 0 bridgehead atoms. The average Bonchev–Trinajstić information content (AvgIpc) is 3.30. The predicted octanol–water partition coefficient (Wildman–Crippen LogP) is 2.69. The van der Waals surface area contributed by atoms with Crippen molar-refractivity contribution in [3.63, 3.8) is 0 Å². The fourth-order valence-corrected chi connectivity index (χ4v) is 3.27. The fraction of sp³-hybridized carbons (Fsp3) is 0.0625. The first-order valence-corrected chi connectivity index (χ1v) is 8.94. The van der Waals surface area contributed by atoms with Crippen LogP contribution in [0.2, 0.25) is 5.02 Å². The van der Waals surface area contributed by atoms with Crippen molar-refractivity contribution in [3.05, 3.63) is 60.3 Å². The van der Waals surface area contributed by atoms with Crippen LogP contribution in [0, 0.1) is 0 Å². The highest BCUT2D eigenvalue weighted by atomic mass is 35.5. The summed E-state index contributed by atoms with van der Waals surface area (Å²) < 4.78 is 3.39. The number of fused-ring (bicyclic) bond motifs is 1. The molecule has 0 aliphatic heterocycles. The van der Waals surface area contributed by atoms with Gasteiger partial charge >= 0.3 is 0 Å². The van der Waals surface area contributed by atoms with E-state index < -0.39 is 0 Å². The van der Waals surface area contributed by atoms with E-state index in [4.69, 9.17) is 11.6 Å². The van der Waals surface area contributed by atoms with Crippen LogP contribution in [0.15, 0.2) is 60.4 Å². The molecule has 3 aromatic heterocycles. The van der Waals surface area contributed by atoms with E-state index in [1.807, 2.05) is 28.8 Å². The van der Waals surface area contributed by atoms with Crippen LogP contribution in [-0.2, 0) is 4.79 Å². The molecule has 26 heavy (non-hydrogen) atoms. The fourth-order valence-electron chi connectivity index (χ4n) is 2.38. The molecule has 0 unspecified atom stereocenters. The van der Waals surface area contributed by atoms with Crippen molar-refractivity contribution < 1.29 is 4.79 Å². The predicted molar refractivity (Wildman–Crippen MR) is 98.7 cm³/mol. The Morgan fingerprint density at radius 3 is 3.00 bits per heavy atom. The van der Waals surface area contributed by atoms with Crippen molar-refractivity contribution in [2.45, 2.75) is 5.16 Å². The maximum atomic E-state index is 12.4. The number of hydrogen-bond acceptors (Lipinski definition) is 6. The maximum Gasteiger partial charge on any atom is 0.234 e. The minimum absolute atomic E-state index is 0.180. The zero-order valence-corrected chi connectivity index (χ0v) is 14.9. The Morgan fingerprint density at radius 2 is 2.15 bits per heavy atom. The highest BCUT2D eigenvalue weighted by Gasteiger charge is 2.12. The molecule has 0 atom stereocenters. The highest BCUT2D eigenvalue weighted by molar-refractivity contribution is 7.99. The van der Waals surface area contributed by atoms with Crippen molar-refractivity contribution in [2.24, 2.45) is 0 Å². The lowest BCUT2D eigenvalue weighted by Crippen LogP contribution is -2.16. The van der Waals surface area contributed by atoms with E-state index in [9.17, 15) is 4.79 Å². The Kier molecular flexibility index (Phi) is 4.55. The number of benzene rings is 1. The lowest BCUT2D eigenvalue weighted by molar-refractivity contribution is -0.113. The number of carbonyl (C=O) groups is 1. The first-order chi connectivity index (χ1) is 12.7. The summed E-state index contributed by atoms with van der Waals surface area (Å²) in [6.07, 6.45) is 4.83. The van der Waals surface area contributed by atoms with Gasteiger partial charge in [0.2, 0.25) is 5.91 Å². The van der Waals surface area contributed by atoms with E-state index in [1.165, 1.54) is 18.1 Å². The van der Waals surface area contributed by atoms with Crippen LogP contribution in [0.25, 0.3) is 11.3 Å². The number of thioether (sulfide) groups is 1. The molecule has 1 N–H and O–H groups in total. The lowest BCUT2D eigenvalue weighted by Gasteiger charge is -2.11. The molecule has 4 aromatic rings. The molecular weight excluding hydrogens is 374 g/mol. The van der Waals surface area contributed by atoms with Gasteiger partial charge in [-0.15, -0.1) is 10.2 Å². The summed E-state index contributed by atoms with van der Waals surface area (Å²) in [5.41, 5.74) is 1.97. The van der Waals surface area contributed by atoms with Crippen molar-refractivity contribution in [2.75, 3.05) is 11.1 Å². The normalized spacial score (nSPS) is 11.0. The molecule has 1 aromatic carbocycles. The molecule has 3 heterocycles. The number of aromatic nitrogens is 6. The molecule has 0 aliphatic carbocycles. The van der Waals surface area contributed by atoms with E-state index >= 15 is 0 Å². The number of pyridine rings is 1. The van der Waals surface area contributed by atoms with Crippen LogP contribution in [-0.4, -0.2) is 41.0 Å². The van der Waals surface area contributed by atoms with Gasteiger partial charge in [-0.25, -0.2) is 9.67 Å². The molecule has 0 spiro atoms. The summed E-state index contributed by atoms with van der Waals surface area (Å²) in [5, 5.41) is 16.3. The highest BCUT2D eigenvalue weighted by Crippen LogP contribution is 2.24. The van der Waals surface area contributed by atoms with E-state index in [1.54, 1.807) is 29.2 Å². The SMILES string of the molecule is O=C(CSc1nnc2ccccn12)Nc1cc(Cl)ccc1-n1cncn1. The summed E-state index contributed by atoms with van der Waals surface area (Å²) >= 11 is 7.36. The lowest BCUT2D eigenvalue weighted by atomic mass is 10.2. The van der Waals surface area contributed by atoms with Gasteiger partial charge in [-0.2, -0.15) is 5.10 Å². The van der Waals surface area contributed by atoms with Gasteiger partial charge in [0.1, 0.15) is 12.7 Å². The second-order valence-electron chi connectivity index (χ2n) is 5.25. The maximum absolute atomic E-state index is 12.4. The summed E-state index contributed by atoms with van der Waals surface area (Å²) in [6, 6.07) is 10.8. The Bertz CT molecular complexity index is 1060. The molecule has 130 valence electrons. The Hall–Kier alpha value is -2.91. The van der Waals surface area contributed by atoms with Gasteiger partial charge in [-0.3, -0.25) is 9.20 Å². The molecule has 0 saturated heterocycles. The van der Waals surface area contributed by atoms with Gasteiger partial charge in [-0.1, -0.05) is 29.4 Å². The van der Waals surface area contributed by atoms with Gasteiger partial charge in [0.25, 0.3) is 0 Å².